The Morgan fingerprint density at radius 3 is 2.74 bits per heavy atom. The molecule has 1 N–H and O–H groups in total. The van der Waals surface area contributed by atoms with E-state index in [1.165, 1.54) is 6.07 Å². The first-order valence-corrected chi connectivity index (χ1v) is 9.24. The molecule has 5 nitrogen and oxygen atoms in total. The highest BCUT2D eigenvalue weighted by atomic mass is 19.1. The molecule has 0 radical (unpaired) electrons. The van der Waals surface area contributed by atoms with Crippen molar-refractivity contribution in [1.29, 1.82) is 0 Å². The summed E-state index contributed by atoms with van der Waals surface area (Å²) in [6.45, 7) is 5.74. The molecule has 0 saturated carbocycles. The number of halogens is 1. The van der Waals surface area contributed by atoms with Gasteiger partial charge in [-0.2, -0.15) is 0 Å². The Balaban J connectivity index is 1.82. The fourth-order valence-electron chi connectivity index (χ4n) is 3.95. The van der Waals surface area contributed by atoms with Crippen molar-refractivity contribution in [2.24, 2.45) is 0 Å². The Labute approximate surface area is 157 Å². The van der Waals surface area contributed by atoms with Crippen molar-refractivity contribution < 1.29 is 9.50 Å². The number of hydrogen-bond acceptors (Lipinski definition) is 5. The molecule has 1 unspecified atom stereocenters. The van der Waals surface area contributed by atoms with Crippen molar-refractivity contribution in [2.45, 2.75) is 32.6 Å². The lowest BCUT2D eigenvalue weighted by atomic mass is 9.97. The molecule has 2 aromatic heterocycles. The molecule has 27 heavy (non-hydrogen) atoms. The average molecular weight is 366 g/mol. The summed E-state index contributed by atoms with van der Waals surface area (Å²) in [7, 11) is 2.10. The molecule has 1 saturated heterocycles. The number of likely N-dealkylation sites (tertiary alicyclic amines) is 1. The van der Waals surface area contributed by atoms with Gasteiger partial charge in [0.2, 0.25) is 0 Å². The molecular weight excluding hydrogens is 343 g/mol. The monoisotopic (exact) mass is 366 g/mol. The molecule has 0 amide bonds. The SMILES string of the molecule is Cc1cc(C)c(-c2nc3nc(C4CCCN(C)C4)ncc3cc2F)c(O)c1. The van der Waals surface area contributed by atoms with Gasteiger partial charge in [0, 0.05) is 29.6 Å². The lowest BCUT2D eigenvalue weighted by Gasteiger charge is -2.28. The largest absolute Gasteiger partial charge is 0.507 e. The summed E-state index contributed by atoms with van der Waals surface area (Å²) < 4.78 is 14.7. The predicted octanol–water partition coefficient (Wildman–Crippen LogP) is 3.96. The zero-order valence-corrected chi connectivity index (χ0v) is 15.8. The number of phenols is 1. The summed E-state index contributed by atoms with van der Waals surface area (Å²) in [5, 5.41) is 10.9. The third-order valence-corrected chi connectivity index (χ3v) is 5.23. The molecule has 1 atom stereocenters. The highest BCUT2D eigenvalue weighted by molar-refractivity contribution is 5.80. The average Bonchev–Trinajstić information content (AvgIpc) is 2.61. The van der Waals surface area contributed by atoms with E-state index >= 15 is 0 Å². The number of aryl methyl sites for hydroxylation is 2. The van der Waals surface area contributed by atoms with Crippen molar-refractivity contribution in [2.75, 3.05) is 20.1 Å². The van der Waals surface area contributed by atoms with Crippen molar-refractivity contribution in [3.63, 3.8) is 0 Å². The second-order valence-corrected chi connectivity index (χ2v) is 7.54. The topological polar surface area (TPSA) is 62.1 Å². The summed E-state index contributed by atoms with van der Waals surface area (Å²) in [4.78, 5) is 15.8. The van der Waals surface area contributed by atoms with Crippen molar-refractivity contribution in [3.8, 4) is 17.0 Å². The quantitative estimate of drug-likeness (QED) is 0.744. The molecule has 0 spiro atoms. The second kappa shape index (κ2) is 6.85. The maximum Gasteiger partial charge on any atom is 0.163 e. The Bertz CT molecular complexity index is 997. The van der Waals surface area contributed by atoms with Gasteiger partial charge in [-0.1, -0.05) is 6.07 Å². The summed E-state index contributed by atoms with van der Waals surface area (Å²) >= 11 is 0. The van der Waals surface area contributed by atoms with Gasteiger partial charge in [-0.25, -0.2) is 19.3 Å². The van der Waals surface area contributed by atoms with Crippen molar-refractivity contribution in [1.82, 2.24) is 19.9 Å². The van der Waals surface area contributed by atoms with E-state index in [1.54, 1.807) is 12.3 Å². The van der Waals surface area contributed by atoms with Crippen LogP contribution < -0.4 is 0 Å². The van der Waals surface area contributed by atoms with Gasteiger partial charge in [-0.3, -0.25) is 0 Å². The summed E-state index contributed by atoms with van der Waals surface area (Å²) in [5.41, 5.74) is 2.70. The number of nitrogens with zero attached hydrogens (tertiary/aromatic N) is 4. The lowest BCUT2D eigenvalue weighted by Crippen LogP contribution is -2.31. The molecule has 1 aliphatic heterocycles. The number of likely N-dealkylation sites (N-methyl/N-ethyl adjacent to an activating group) is 1. The number of fused-ring (bicyclic) bond motifs is 1. The Morgan fingerprint density at radius 2 is 2.00 bits per heavy atom. The summed E-state index contributed by atoms with van der Waals surface area (Å²) in [5.74, 6) is 0.557. The number of hydrogen-bond donors (Lipinski definition) is 1. The number of piperidine rings is 1. The van der Waals surface area contributed by atoms with Crippen LogP contribution >= 0.6 is 0 Å². The molecular formula is C21H23FN4O. The van der Waals surface area contributed by atoms with Crippen LogP contribution in [0.3, 0.4) is 0 Å². The van der Waals surface area contributed by atoms with Crippen LogP contribution in [-0.2, 0) is 0 Å². The van der Waals surface area contributed by atoms with E-state index in [0.29, 0.717) is 16.6 Å². The summed E-state index contributed by atoms with van der Waals surface area (Å²) in [6, 6.07) is 4.92. The van der Waals surface area contributed by atoms with Gasteiger partial charge in [-0.05, 0) is 63.5 Å². The molecule has 1 fully saturated rings. The molecule has 1 aliphatic rings. The highest BCUT2D eigenvalue weighted by Gasteiger charge is 2.22. The number of aromatic nitrogens is 3. The van der Waals surface area contributed by atoms with Gasteiger partial charge in [0.05, 0.1) is 0 Å². The molecule has 0 bridgehead atoms. The zero-order valence-electron chi connectivity index (χ0n) is 15.8. The van der Waals surface area contributed by atoms with E-state index in [2.05, 4.69) is 26.9 Å². The lowest BCUT2D eigenvalue weighted by molar-refractivity contribution is 0.246. The highest BCUT2D eigenvalue weighted by Crippen LogP contribution is 2.35. The molecule has 6 heteroatoms. The third-order valence-electron chi connectivity index (χ3n) is 5.23. The van der Waals surface area contributed by atoms with Crippen LogP contribution in [0.5, 0.6) is 5.75 Å². The number of phenolic OH excluding ortho intramolecular Hbond substituents is 1. The fraction of sp³-hybridized carbons (Fsp3) is 0.381. The van der Waals surface area contributed by atoms with Gasteiger partial charge >= 0.3 is 0 Å². The maximum absolute atomic E-state index is 14.7. The van der Waals surface area contributed by atoms with E-state index in [1.807, 2.05) is 19.9 Å². The first kappa shape index (κ1) is 17.8. The molecule has 140 valence electrons. The minimum atomic E-state index is -0.487. The second-order valence-electron chi connectivity index (χ2n) is 7.54. The van der Waals surface area contributed by atoms with E-state index in [4.69, 9.17) is 0 Å². The zero-order chi connectivity index (χ0) is 19.1. The van der Waals surface area contributed by atoms with Gasteiger partial charge in [0.25, 0.3) is 0 Å². The first-order valence-electron chi connectivity index (χ1n) is 9.24. The minimum Gasteiger partial charge on any atom is -0.507 e. The van der Waals surface area contributed by atoms with Crippen LogP contribution in [0.4, 0.5) is 4.39 Å². The van der Waals surface area contributed by atoms with E-state index in [0.717, 1.165) is 42.9 Å². The van der Waals surface area contributed by atoms with Crippen LogP contribution in [-0.4, -0.2) is 45.1 Å². The molecule has 4 rings (SSSR count). The Kier molecular flexibility index (Phi) is 4.52. The Morgan fingerprint density at radius 1 is 1.19 bits per heavy atom. The molecule has 0 aliphatic carbocycles. The van der Waals surface area contributed by atoms with Crippen LogP contribution in [0.1, 0.15) is 35.7 Å². The van der Waals surface area contributed by atoms with E-state index in [9.17, 15) is 9.50 Å². The normalized spacial score (nSPS) is 18.1. The fourth-order valence-corrected chi connectivity index (χ4v) is 3.95. The van der Waals surface area contributed by atoms with Gasteiger partial charge in [0.1, 0.15) is 23.1 Å². The predicted molar refractivity (Wildman–Crippen MR) is 103 cm³/mol. The van der Waals surface area contributed by atoms with Crippen LogP contribution in [0.25, 0.3) is 22.3 Å². The number of aromatic hydroxyl groups is 1. The smallest absolute Gasteiger partial charge is 0.163 e. The van der Waals surface area contributed by atoms with Crippen molar-refractivity contribution >= 4 is 11.0 Å². The van der Waals surface area contributed by atoms with Crippen molar-refractivity contribution in [3.05, 3.63) is 47.2 Å². The van der Waals surface area contributed by atoms with Gasteiger partial charge in [-0.15, -0.1) is 0 Å². The van der Waals surface area contributed by atoms with Gasteiger partial charge in [0.15, 0.2) is 5.65 Å². The van der Waals surface area contributed by atoms with Crippen LogP contribution in [0.2, 0.25) is 0 Å². The number of rotatable bonds is 2. The summed E-state index contributed by atoms with van der Waals surface area (Å²) in [6.07, 6.45) is 3.80. The maximum atomic E-state index is 14.7. The standard InChI is InChI=1S/C21H23FN4O/c1-12-7-13(2)18(17(27)8-12)19-16(22)9-15-10-23-20(25-21(15)24-19)14-5-4-6-26(3)11-14/h7-10,14,27H,4-6,11H2,1-3H3. The van der Waals surface area contributed by atoms with E-state index < -0.39 is 5.82 Å². The van der Waals surface area contributed by atoms with Crippen LogP contribution in [0.15, 0.2) is 24.4 Å². The van der Waals surface area contributed by atoms with Gasteiger partial charge < -0.3 is 10.0 Å². The molecule has 1 aromatic carbocycles. The Hall–Kier alpha value is -2.60. The minimum absolute atomic E-state index is 0.0291. The number of benzene rings is 1. The third kappa shape index (κ3) is 3.37. The first-order chi connectivity index (χ1) is 12.9. The molecule has 3 aromatic rings. The van der Waals surface area contributed by atoms with E-state index in [-0.39, 0.29) is 17.4 Å². The van der Waals surface area contributed by atoms with Crippen LogP contribution in [0, 0.1) is 19.7 Å². The number of pyridine rings is 1. The molecule has 3 heterocycles.